The van der Waals surface area contributed by atoms with Gasteiger partial charge in [0.1, 0.15) is 11.6 Å². The van der Waals surface area contributed by atoms with Gasteiger partial charge in [-0.25, -0.2) is 4.39 Å². The van der Waals surface area contributed by atoms with Gasteiger partial charge in [0.15, 0.2) is 0 Å². The molecule has 1 saturated carbocycles. The van der Waals surface area contributed by atoms with Gasteiger partial charge < -0.3 is 9.84 Å². The van der Waals surface area contributed by atoms with Crippen LogP contribution in [0.1, 0.15) is 24.8 Å². The Morgan fingerprint density at radius 1 is 1.44 bits per heavy atom. The van der Waals surface area contributed by atoms with Gasteiger partial charge in [-0.1, -0.05) is 6.42 Å². The molecule has 1 aromatic carbocycles. The number of rotatable bonds is 4. The minimum atomic E-state index is -0.247. The number of benzene rings is 1. The summed E-state index contributed by atoms with van der Waals surface area (Å²) in [6, 6.07) is 4.55. The van der Waals surface area contributed by atoms with Gasteiger partial charge in [-0.2, -0.15) is 0 Å². The van der Waals surface area contributed by atoms with Crippen molar-refractivity contribution in [1.82, 2.24) is 0 Å². The zero-order valence-electron chi connectivity index (χ0n) is 9.50. The Morgan fingerprint density at radius 2 is 2.19 bits per heavy atom. The van der Waals surface area contributed by atoms with Crippen molar-refractivity contribution in [2.75, 3.05) is 13.7 Å². The highest BCUT2D eigenvalue weighted by Gasteiger charge is 2.37. The standard InChI is InChI=1S/C13H17FO2/c1-16-12-4-3-11(14)7-10(12)8-13(9-15)5-2-6-13/h3-4,7,15H,2,5-6,8-9H2,1H3. The van der Waals surface area contributed by atoms with Crippen LogP contribution in [0.25, 0.3) is 0 Å². The fourth-order valence-corrected chi connectivity index (χ4v) is 2.36. The van der Waals surface area contributed by atoms with Gasteiger partial charge in [0, 0.05) is 6.61 Å². The molecule has 1 aliphatic carbocycles. The number of hydrogen-bond acceptors (Lipinski definition) is 2. The zero-order chi connectivity index (χ0) is 11.6. The first-order chi connectivity index (χ1) is 7.69. The number of halogens is 1. The molecule has 0 unspecified atom stereocenters. The Balaban J connectivity index is 2.22. The van der Waals surface area contributed by atoms with Crippen LogP contribution < -0.4 is 4.74 Å². The maximum Gasteiger partial charge on any atom is 0.123 e. The largest absolute Gasteiger partial charge is 0.496 e. The number of methoxy groups -OCH3 is 1. The molecule has 1 fully saturated rings. The lowest BCUT2D eigenvalue weighted by atomic mass is 9.66. The molecule has 0 atom stereocenters. The maximum absolute atomic E-state index is 13.2. The minimum Gasteiger partial charge on any atom is -0.496 e. The van der Waals surface area contributed by atoms with E-state index in [9.17, 15) is 9.50 Å². The average molecular weight is 224 g/mol. The molecule has 2 rings (SSSR count). The Hall–Kier alpha value is -1.09. The second-order valence-corrected chi connectivity index (χ2v) is 4.64. The first kappa shape index (κ1) is 11.4. The summed E-state index contributed by atoms with van der Waals surface area (Å²) in [5, 5.41) is 9.40. The zero-order valence-corrected chi connectivity index (χ0v) is 9.50. The van der Waals surface area contributed by atoms with Crippen LogP contribution in [0.4, 0.5) is 4.39 Å². The molecule has 0 aliphatic heterocycles. The second-order valence-electron chi connectivity index (χ2n) is 4.64. The minimum absolute atomic E-state index is 0.0406. The van der Waals surface area contributed by atoms with Gasteiger partial charge in [-0.15, -0.1) is 0 Å². The van der Waals surface area contributed by atoms with Crippen molar-refractivity contribution in [3.8, 4) is 5.75 Å². The highest BCUT2D eigenvalue weighted by molar-refractivity contribution is 5.35. The molecule has 0 saturated heterocycles. The van der Waals surface area contributed by atoms with Crippen molar-refractivity contribution < 1.29 is 14.2 Å². The van der Waals surface area contributed by atoms with Crippen molar-refractivity contribution in [1.29, 1.82) is 0 Å². The number of aliphatic hydroxyl groups excluding tert-OH is 1. The van der Waals surface area contributed by atoms with Crippen molar-refractivity contribution in [3.63, 3.8) is 0 Å². The lowest BCUT2D eigenvalue weighted by Crippen LogP contribution is -2.35. The van der Waals surface area contributed by atoms with Crippen LogP contribution in [0, 0.1) is 11.2 Å². The Kier molecular flexibility index (Phi) is 3.15. The predicted octanol–water partition coefficient (Wildman–Crippen LogP) is 2.54. The molecule has 1 aromatic rings. The van der Waals surface area contributed by atoms with Gasteiger partial charge in [0.25, 0.3) is 0 Å². The first-order valence-corrected chi connectivity index (χ1v) is 5.62. The third kappa shape index (κ3) is 2.05. The van der Waals surface area contributed by atoms with E-state index >= 15 is 0 Å². The molecular formula is C13H17FO2. The fraction of sp³-hybridized carbons (Fsp3) is 0.538. The van der Waals surface area contributed by atoms with Crippen LogP contribution in [-0.4, -0.2) is 18.8 Å². The summed E-state index contributed by atoms with van der Waals surface area (Å²) in [4.78, 5) is 0. The second kappa shape index (κ2) is 4.42. The van der Waals surface area contributed by atoms with Gasteiger partial charge in [0.05, 0.1) is 7.11 Å². The number of aliphatic hydroxyl groups is 1. The van der Waals surface area contributed by atoms with Crippen LogP contribution in [0.15, 0.2) is 18.2 Å². The van der Waals surface area contributed by atoms with Crippen molar-refractivity contribution in [3.05, 3.63) is 29.6 Å². The molecule has 88 valence electrons. The Labute approximate surface area is 95.1 Å². The van der Waals surface area contributed by atoms with E-state index in [0.29, 0.717) is 12.2 Å². The van der Waals surface area contributed by atoms with Crippen LogP contribution in [0.3, 0.4) is 0 Å². The van der Waals surface area contributed by atoms with Gasteiger partial charge in [0.2, 0.25) is 0 Å². The van der Waals surface area contributed by atoms with Gasteiger partial charge in [-0.05, 0) is 48.4 Å². The molecule has 1 aliphatic rings. The molecule has 2 nitrogen and oxygen atoms in total. The third-order valence-electron chi connectivity index (χ3n) is 3.56. The summed E-state index contributed by atoms with van der Waals surface area (Å²) in [6.45, 7) is 0.173. The summed E-state index contributed by atoms with van der Waals surface area (Å²) in [5.41, 5.74) is 0.817. The highest BCUT2D eigenvalue weighted by Crippen LogP contribution is 2.44. The average Bonchev–Trinajstić information content (AvgIpc) is 2.24. The van der Waals surface area contributed by atoms with Crippen LogP contribution in [-0.2, 0) is 6.42 Å². The normalized spacial score (nSPS) is 17.9. The molecule has 0 heterocycles. The molecule has 0 amide bonds. The fourth-order valence-electron chi connectivity index (χ4n) is 2.36. The van der Waals surface area contributed by atoms with E-state index in [1.165, 1.54) is 12.1 Å². The van der Waals surface area contributed by atoms with Crippen LogP contribution >= 0.6 is 0 Å². The molecular weight excluding hydrogens is 207 g/mol. The molecule has 0 bridgehead atoms. The van der Waals surface area contributed by atoms with E-state index in [1.807, 2.05) is 0 Å². The van der Waals surface area contributed by atoms with E-state index in [2.05, 4.69) is 0 Å². The smallest absolute Gasteiger partial charge is 0.123 e. The molecule has 1 N–H and O–H groups in total. The van der Waals surface area contributed by atoms with E-state index in [1.54, 1.807) is 13.2 Å². The molecule has 16 heavy (non-hydrogen) atoms. The van der Waals surface area contributed by atoms with Gasteiger partial charge in [-0.3, -0.25) is 0 Å². The quantitative estimate of drug-likeness (QED) is 0.851. The van der Waals surface area contributed by atoms with E-state index in [0.717, 1.165) is 24.8 Å². The molecule has 0 radical (unpaired) electrons. The summed E-state index contributed by atoms with van der Waals surface area (Å²) in [5.74, 6) is 0.462. The molecule has 0 aromatic heterocycles. The van der Waals surface area contributed by atoms with E-state index < -0.39 is 0 Å². The van der Waals surface area contributed by atoms with E-state index in [-0.39, 0.29) is 17.8 Å². The summed E-state index contributed by atoms with van der Waals surface area (Å²) < 4.78 is 18.4. The van der Waals surface area contributed by atoms with Crippen LogP contribution in [0.2, 0.25) is 0 Å². The summed E-state index contributed by atoms with van der Waals surface area (Å²) in [6.07, 6.45) is 3.88. The monoisotopic (exact) mass is 224 g/mol. The Bertz CT molecular complexity index is 367. The first-order valence-electron chi connectivity index (χ1n) is 5.62. The Morgan fingerprint density at radius 3 is 2.69 bits per heavy atom. The van der Waals surface area contributed by atoms with E-state index in [4.69, 9.17) is 4.74 Å². The predicted molar refractivity (Wildman–Crippen MR) is 60.0 cm³/mol. The van der Waals surface area contributed by atoms with Crippen molar-refractivity contribution >= 4 is 0 Å². The lowest BCUT2D eigenvalue weighted by Gasteiger charge is -2.40. The maximum atomic E-state index is 13.2. The topological polar surface area (TPSA) is 29.5 Å². The van der Waals surface area contributed by atoms with Crippen molar-refractivity contribution in [2.45, 2.75) is 25.7 Å². The van der Waals surface area contributed by atoms with Gasteiger partial charge >= 0.3 is 0 Å². The SMILES string of the molecule is COc1ccc(F)cc1CC1(CO)CCC1. The lowest BCUT2D eigenvalue weighted by molar-refractivity contribution is 0.0444. The third-order valence-corrected chi connectivity index (χ3v) is 3.56. The van der Waals surface area contributed by atoms with Crippen molar-refractivity contribution in [2.24, 2.45) is 5.41 Å². The highest BCUT2D eigenvalue weighted by atomic mass is 19.1. The summed E-state index contributed by atoms with van der Waals surface area (Å²) in [7, 11) is 1.59. The molecule has 0 spiro atoms. The number of ether oxygens (including phenoxy) is 1. The molecule has 3 heteroatoms. The van der Waals surface area contributed by atoms with Crippen LogP contribution in [0.5, 0.6) is 5.75 Å². The summed E-state index contributed by atoms with van der Waals surface area (Å²) >= 11 is 0. The number of hydrogen-bond donors (Lipinski definition) is 1.